The summed E-state index contributed by atoms with van der Waals surface area (Å²) in [6.07, 6.45) is 0. The van der Waals surface area contributed by atoms with Gasteiger partial charge in [-0.3, -0.25) is 0 Å². The quantitative estimate of drug-likeness (QED) is 0.895. The Hall–Kier alpha value is -2.10. The van der Waals surface area contributed by atoms with Crippen LogP contribution < -0.4 is 10.1 Å². The van der Waals surface area contributed by atoms with Crippen molar-refractivity contribution in [3.05, 3.63) is 48.0 Å². The van der Waals surface area contributed by atoms with Crippen molar-refractivity contribution in [2.75, 3.05) is 19.5 Å². The summed E-state index contributed by atoms with van der Waals surface area (Å²) >= 11 is 0. The molecule has 0 aliphatic rings. The van der Waals surface area contributed by atoms with Crippen LogP contribution in [0.3, 0.4) is 0 Å². The fourth-order valence-corrected chi connectivity index (χ4v) is 1.72. The van der Waals surface area contributed by atoms with Crippen molar-refractivity contribution in [1.82, 2.24) is 0 Å². The van der Waals surface area contributed by atoms with Crippen LogP contribution in [-0.2, 0) is 0 Å². The molecule has 0 aliphatic carbocycles. The van der Waals surface area contributed by atoms with E-state index in [-0.39, 0.29) is 11.3 Å². The molecule has 0 unspecified atom stereocenters. The lowest BCUT2D eigenvalue weighted by Gasteiger charge is -2.08. The summed E-state index contributed by atoms with van der Waals surface area (Å²) in [5.74, 6) is -1.18. The number of hydrogen-bond acceptors (Lipinski definition) is 2. The van der Waals surface area contributed by atoms with Crippen LogP contribution in [0.25, 0.3) is 11.1 Å². The molecule has 0 spiro atoms. The minimum atomic E-state index is -0.577. The van der Waals surface area contributed by atoms with Gasteiger partial charge in [0.15, 0.2) is 11.6 Å². The predicted octanol–water partition coefficient (Wildman–Crippen LogP) is 3.68. The molecule has 2 aromatic carbocycles. The summed E-state index contributed by atoms with van der Waals surface area (Å²) in [7, 11) is 3.10. The second-order valence-electron chi connectivity index (χ2n) is 3.79. The van der Waals surface area contributed by atoms with E-state index in [1.807, 2.05) is 0 Å². The van der Waals surface area contributed by atoms with Gasteiger partial charge in [0.05, 0.1) is 7.11 Å². The molecule has 2 aromatic rings. The lowest BCUT2D eigenvalue weighted by Crippen LogP contribution is -1.93. The van der Waals surface area contributed by atoms with E-state index in [4.69, 9.17) is 4.74 Å². The van der Waals surface area contributed by atoms with Crippen LogP contribution in [0.5, 0.6) is 5.75 Å². The summed E-state index contributed by atoms with van der Waals surface area (Å²) in [5.41, 5.74) is 1.75. The summed E-state index contributed by atoms with van der Waals surface area (Å²) in [6, 6.07) is 9.26. The number of rotatable bonds is 3. The number of benzene rings is 2. The van der Waals surface area contributed by atoms with E-state index >= 15 is 0 Å². The van der Waals surface area contributed by atoms with Crippen molar-refractivity contribution in [3.8, 4) is 16.9 Å². The average molecular weight is 249 g/mol. The highest BCUT2D eigenvalue weighted by Crippen LogP contribution is 2.29. The topological polar surface area (TPSA) is 21.3 Å². The Morgan fingerprint density at radius 2 is 1.67 bits per heavy atom. The number of methoxy groups -OCH3 is 1. The minimum Gasteiger partial charge on any atom is -0.494 e. The molecule has 0 amide bonds. The Balaban J connectivity index is 2.46. The molecule has 0 saturated carbocycles. The monoisotopic (exact) mass is 249 g/mol. The molecule has 0 bridgehead atoms. The molecule has 4 heteroatoms. The molecular formula is C14H13F2NO. The molecule has 18 heavy (non-hydrogen) atoms. The number of halogens is 2. The third-order valence-electron chi connectivity index (χ3n) is 2.73. The van der Waals surface area contributed by atoms with Gasteiger partial charge in [-0.1, -0.05) is 12.1 Å². The Kier molecular flexibility index (Phi) is 3.46. The summed E-state index contributed by atoms with van der Waals surface area (Å²) < 4.78 is 32.1. The molecule has 0 atom stereocenters. The first-order valence-electron chi connectivity index (χ1n) is 5.47. The maximum Gasteiger partial charge on any atom is 0.165 e. The van der Waals surface area contributed by atoms with E-state index in [9.17, 15) is 8.78 Å². The molecule has 2 nitrogen and oxygen atoms in total. The zero-order chi connectivity index (χ0) is 13.1. The van der Waals surface area contributed by atoms with Crippen LogP contribution in [-0.4, -0.2) is 14.2 Å². The van der Waals surface area contributed by atoms with Gasteiger partial charge >= 0.3 is 0 Å². The zero-order valence-electron chi connectivity index (χ0n) is 10.1. The summed E-state index contributed by atoms with van der Waals surface area (Å²) in [6.45, 7) is 0. The van der Waals surface area contributed by atoms with Gasteiger partial charge in [0, 0.05) is 24.4 Å². The van der Waals surface area contributed by atoms with Gasteiger partial charge in [-0.25, -0.2) is 8.78 Å². The Morgan fingerprint density at radius 3 is 2.22 bits per heavy atom. The van der Waals surface area contributed by atoms with E-state index in [0.29, 0.717) is 5.56 Å². The maximum atomic E-state index is 13.8. The first-order valence-corrected chi connectivity index (χ1v) is 5.47. The lowest BCUT2D eigenvalue weighted by molar-refractivity contribution is 0.383. The maximum absolute atomic E-state index is 13.8. The van der Waals surface area contributed by atoms with E-state index in [1.165, 1.54) is 7.11 Å². The summed E-state index contributed by atoms with van der Waals surface area (Å²) in [4.78, 5) is 0. The molecule has 94 valence electrons. The third-order valence-corrected chi connectivity index (χ3v) is 2.73. The number of ether oxygens (including phenoxy) is 1. The highest BCUT2D eigenvalue weighted by molar-refractivity contribution is 5.67. The van der Waals surface area contributed by atoms with E-state index in [2.05, 4.69) is 5.32 Å². The fraction of sp³-hybridized carbons (Fsp3) is 0.143. The highest BCUT2D eigenvalue weighted by atomic mass is 19.1. The Morgan fingerprint density at radius 1 is 1.00 bits per heavy atom. The van der Waals surface area contributed by atoms with E-state index < -0.39 is 11.6 Å². The molecule has 1 N–H and O–H groups in total. The number of nitrogens with one attached hydrogen (secondary N) is 1. The third kappa shape index (κ3) is 2.27. The van der Waals surface area contributed by atoms with Crippen molar-refractivity contribution in [2.45, 2.75) is 0 Å². The Bertz CT molecular complexity index is 552. The van der Waals surface area contributed by atoms with Crippen LogP contribution in [0.4, 0.5) is 14.5 Å². The average Bonchev–Trinajstić information content (AvgIpc) is 2.41. The van der Waals surface area contributed by atoms with Crippen LogP contribution in [0.1, 0.15) is 0 Å². The van der Waals surface area contributed by atoms with Crippen molar-refractivity contribution >= 4 is 5.69 Å². The van der Waals surface area contributed by atoms with Crippen molar-refractivity contribution in [1.29, 1.82) is 0 Å². The van der Waals surface area contributed by atoms with Crippen molar-refractivity contribution in [2.24, 2.45) is 0 Å². The second kappa shape index (κ2) is 5.04. The molecule has 0 radical (unpaired) electrons. The second-order valence-corrected chi connectivity index (χ2v) is 3.79. The van der Waals surface area contributed by atoms with Crippen LogP contribution in [0.15, 0.2) is 36.4 Å². The molecule has 2 rings (SSSR count). The van der Waals surface area contributed by atoms with Crippen molar-refractivity contribution < 1.29 is 13.5 Å². The molecule has 0 heterocycles. The molecule has 0 saturated heterocycles. The normalized spacial score (nSPS) is 10.2. The van der Waals surface area contributed by atoms with Gasteiger partial charge in [-0.2, -0.15) is 0 Å². The molecule has 0 aromatic heterocycles. The van der Waals surface area contributed by atoms with Crippen molar-refractivity contribution in [3.63, 3.8) is 0 Å². The molecular weight excluding hydrogens is 236 g/mol. The van der Waals surface area contributed by atoms with Gasteiger partial charge in [0.2, 0.25) is 0 Å². The smallest absolute Gasteiger partial charge is 0.165 e. The standard InChI is InChI=1S/C14H13F2NO/c1-17-10-5-3-9(4-6-10)11-7-13(16)14(18-2)8-12(11)15/h3-8,17H,1-2H3. The van der Waals surface area contributed by atoms with Gasteiger partial charge < -0.3 is 10.1 Å². The number of anilines is 1. The predicted molar refractivity (Wildman–Crippen MR) is 67.9 cm³/mol. The van der Waals surface area contributed by atoms with E-state index in [1.54, 1.807) is 31.3 Å². The molecule has 0 fully saturated rings. The van der Waals surface area contributed by atoms with Crippen LogP contribution in [0.2, 0.25) is 0 Å². The first-order chi connectivity index (χ1) is 8.65. The molecule has 0 aliphatic heterocycles. The number of hydrogen-bond donors (Lipinski definition) is 1. The van der Waals surface area contributed by atoms with Gasteiger partial charge in [0.25, 0.3) is 0 Å². The largest absolute Gasteiger partial charge is 0.494 e. The van der Waals surface area contributed by atoms with Gasteiger partial charge in [-0.05, 0) is 23.8 Å². The summed E-state index contributed by atoms with van der Waals surface area (Å²) in [5, 5.41) is 2.96. The van der Waals surface area contributed by atoms with E-state index in [0.717, 1.165) is 17.8 Å². The fourth-order valence-electron chi connectivity index (χ4n) is 1.72. The lowest BCUT2D eigenvalue weighted by atomic mass is 10.0. The van der Waals surface area contributed by atoms with Gasteiger partial charge in [-0.15, -0.1) is 0 Å². The minimum absolute atomic E-state index is 0.0944. The highest BCUT2D eigenvalue weighted by Gasteiger charge is 2.11. The Labute approximate surface area is 104 Å². The van der Waals surface area contributed by atoms with Crippen LogP contribution >= 0.6 is 0 Å². The van der Waals surface area contributed by atoms with Gasteiger partial charge in [0.1, 0.15) is 5.82 Å². The zero-order valence-corrected chi connectivity index (χ0v) is 10.1. The van der Waals surface area contributed by atoms with Crippen LogP contribution in [0, 0.1) is 11.6 Å². The SMILES string of the molecule is CNc1ccc(-c2cc(F)c(OC)cc2F)cc1. The first kappa shape index (κ1) is 12.4.